The van der Waals surface area contributed by atoms with Crippen molar-refractivity contribution in [2.24, 2.45) is 0 Å². The summed E-state index contributed by atoms with van der Waals surface area (Å²) in [6, 6.07) is 17.5. The molecule has 27 heavy (non-hydrogen) atoms. The van der Waals surface area contributed by atoms with Gasteiger partial charge in [0.2, 0.25) is 0 Å². The number of aromatic nitrogens is 1. The summed E-state index contributed by atoms with van der Waals surface area (Å²) in [6.07, 6.45) is 2.17. The number of carbonyl (C=O) groups excluding carboxylic acids is 1. The van der Waals surface area contributed by atoms with Crippen LogP contribution in [0.1, 0.15) is 39.7 Å². The molecule has 0 radical (unpaired) electrons. The fraction of sp³-hybridized carbons (Fsp3) is 0.182. The number of rotatable bonds is 5. The van der Waals surface area contributed by atoms with Crippen LogP contribution in [0.5, 0.6) is 11.5 Å². The molecule has 0 saturated heterocycles. The summed E-state index contributed by atoms with van der Waals surface area (Å²) in [6.45, 7) is 2.72. The van der Waals surface area contributed by atoms with Crippen LogP contribution in [-0.4, -0.2) is 23.0 Å². The van der Waals surface area contributed by atoms with Gasteiger partial charge in [0.25, 0.3) is 0 Å². The van der Waals surface area contributed by atoms with Gasteiger partial charge in [-0.25, -0.2) is 4.98 Å². The van der Waals surface area contributed by atoms with Crippen molar-refractivity contribution in [3.05, 3.63) is 88.7 Å². The Kier molecular flexibility index (Phi) is 4.38. The highest BCUT2D eigenvalue weighted by Crippen LogP contribution is 2.49. The molecular weight excluding hydrogens is 342 g/mol. The number of benzene rings is 2. The van der Waals surface area contributed by atoms with Gasteiger partial charge < -0.3 is 14.6 Å². The number of aromatic hydroxyl groups is 1. The minimum atomic E-state index is -0.909. The van der Waals surface area contributed by atoms with E-state index in [-0.39, 0.29) is 18.1 Å². The van der Waals surface area contributed by atoms with Crippen molar-refractivity contribution < 1.29 is 19.4 Å². The third kappa shape index (κ3) is 2.67. The van der Waals surface area contributed by atoms with Crippen molar-refractivity contribution in [3.63, 3.8) is 0 Å². The fourth-order valence-corrected chi connectivity index (χ4v) is 3.62. The Labute approximate surface area is 157 Å². The molecule has 0 aliphatic carbocycles. The van der Waals surface area contributed by atoms with Crippen molar-refractivity contribution in [2.45, 2.75) is 19.1 Å². The van der Waals surface area contributed by atoms with Gasteiger partial charge in [0.15, 0.2) is 12.0 Å². The number of aldehydes is 1. The van der Waals surface area contributed by atoms with Crippen LogP contribution in [0.3, 0.4) is 0 Å². The van der Waals surface area contributed by atoms with Gasteiger partial charge in [-0.3, -0.25) is 4.79 Å². The molecule has 1 N–H and O–H groups in total. The van der Waals surface area contributed by atoms with Gasteiger partial charge in [-0.05, 0) is 30.2 Å². The molecule has 2 heterocycles. The maximum absolute atomic E-state index is 11.2. The molecule has 0 amide bonds. The molecule has 1 unspecified atom stereocenters. The van der Waals surface area contributed by atoms with Gasteiger partial charge >= 0.3 is 0 Å². The van der Waals surface area contributed by atoms with E-state index in [1.54, 1.807) is 6.20 Å². The molecule has 1 aliphatic rings. The van der Waals surface area contributed by atoms with Crippen LogP contribution in [0.25, 0.3) is 0 Å². The van der Waals surface area contributed by atoms with Gasteiger partial charge in [0.1, 0.15) is 17.0 Å². The van der Waals surface area contributed by atoms with Crippen molar-refractivity contribution in [1.82, 2.24) is 4.98 Å². The SMILES string of the molecule is CCOc1ccc(C2(c3ccccc3)OCc3c2cnc(C=O)c3O)cc1. The highest BCUT2D eigenvalue weighted by Gasteiger charge is 2.45. The van der Waals surface area contributed by atoms with Crippen molar-refractivity contribution >= 4 is 6.29 Å². The Morgan fingerprint density at radius 3 is 2.52 bits per heavy atom. The predicted molar refractivity (Wildman–Crippen MR) is 100 cm³/mol. The summed E-state index contributed by atoms with van der Waals surface area (Å²) in [5.74, 6) is 0.659. The molecule has 1 aromatic heterocycles. The Hall–Kier alpha value is -3.18. The normalized spacial score (nSPS) is 18.1. The molecule has 0 bridgehead atoms. The van der Waals surface area contributed by atoms with Crippen LogP contribution in [0.2, 0.25) is 0 Å². The first-order valence-corrected chi connectivity index (χ1v) is 8.80. The van der Waals surface area contributed by atoms with E-state index in [0.29, 0.717) is 18.5 Å². The molecule has 5 heteroatoms. The number of nitrogens with zero attached hydrogens (tertiary/aromatic N) is 1. The monoisotopic (exact) mass is 361 g/mol. The second-order valence-electron chi connectivity index (χ2n) is 6.30. The van der Waals surface area contributed by atoms with Gasteiger partial charge in [0, 0.05) is 17.3 Å². The molecule has 0 saturated carbocycles. The zero-order valence-corrected chi connectivity index (χ0v) is 14.9. The van der Waals surface area contributed by atoms with Gasteiger partial charge in [0.05, 0.1) is 13.2 Å². The lowest BCUT2D eigenvalue weighted by Crippen LogP contribution is -2.28. The second-order valence-corrected chi connectivity index (χ2v) is 6.30. The minimum Gasteiger partial charge on any atom is -0.505 e. The first-order chi connectivity index (χ1) is 13.2. The number of fused-ring (bicyclic) bond motifs is 1. The molecule has 1 aliphatic heterocycles. The Morgan fingerprint density at radius 1 is 1.15 bits per heavy atom. The summed E-state index contributed by atoms with van der Waals surface area (Å²) < 4.78 is 11.9. The highest BCUT2D eigenvalue weighted by atomic mass is 16.5. The van der Waals surface area contributed by atoms with Crippen LogP contribution >= 0.6 is 0 Å². The van der Waals surface area contributed by atoms with Crippen LogP contribution in [0.4, 0.5) is 0 Å². The van der Waals surface area contributed by atoms with E-state index in [4.69, 9.17) is 9.47 Å². The van der Waals surface area contributed by atoms with E-state index < -0.39 is 5.60 Å². The minimum absolute atomic E-state index is 0.0212. The van der Waals surface area contributed by atoms with E-state index >= 15 is 0 Å². The van der Waals surface area contributed by atoms with Crippen LogP contribution < -0.4 is 4.74 Å². The predicted octanol–water partition coefficient (Wildman–Crippen LogP) is 3.82. The third-order valence-corrected chi connectivity index (χ3v) is 4.86. The molecule has 2 aromatic carbocycles. The largest absolute Gasteiger partial charge is 0.505 e. The summed E-state index contributed by atoms with van der Waals surface area (Å²) in [7, 11) is 0. The standard InChI is InChI=1S/C22H19NO4/c1-2-26-17-10-8-16(9-11-17)22(15-6-4-3-5-7-15)19-12-23-20(13-24)21(25)18(19)14-27-22/h3-13,25H,2,14H2,1H3. The lowest BCUT2D eigenvalue weighted by Gasteiger charge is -2.31. The van der Waals surface area contributed by atoms with Crippen LogP contribution in [-0.2, 0) is 16.9 Å². The quantitative estimate of drug-likeness (QED) is 0.700. The summed E-state index contributed by atoms with van der Waals surface area (Å²) in [5.41, 5.74) is 2.26. The number of ether oxygens (including phenoxy) is 2. The highest BCUT2D eigenvalue weighted by molar-refractivity contribution is 5.78. The fourth-order valence-electron chi connectivity index (χ4n) is 3.62. The summed E-state index contributed by atoms with van der Waals surface area (Å²) in [5, 5.41) is 10.5. The molecule has 136 valence electrons. The van der Waals surface area contributed by atoms with Gasteiger partial charge in [-0.2, -0.15) is 0 Å². The second kappa shape index (κ2) is 6.85. The van der Waals surface area contributed by atoms with Gasteiger partial charge in [-0.15, -0.1) is 0 Å². The first-order valence-electron chi connectivity index (χ1n) is 8.80. The average Bonchev–Trinajstić information content (AvgIpc) is 3.11. The van der Waals surface area contributed by atoms with Crippen molar-refractivity contribution in [1.29, 1.82) is 0 Å². The molecule has 1 atom stereocenters. The lowest BCUT2D eigenvalue weighted by molar-refractivity contribution is 0.0263. The number of carbonyl (C=O) groups is 1. The van der Waals surface area contributed by atoms with Crippen molar-refractivity contribution in [2.75, 3.05) is 6.61 Å². The average molecular weight is 361 g/mol. The molecule has 0 fully saturated rings. The molecular formula is C22H19NO4. The van der Waals surface area contributed by atoms with Crippen molar-refractivity contribution in [3.8, 4) is 11.5 Å². The van der Waals surface area contributed by atoms with E-state index in [1.165, 1.54) is 0 Å². The summed E-state index contributed by atoms with van der Waals surface area (Å²) >= 11 is 0. The maximum Gasteiger partial charge on any atom is 0.172 e. The Balaban J connectivity index is 1.94. The Bertz CT molecular complexity index is 970. The van der Waals surface area contributed by atoms with Crippen LogP contribution in [0.15, 0.2) is 60.8 Å². The van der Waals surface area contributed by atoms with E-state index in [2.05, 4.69) is 4.98 Å². The van der Waals surface area contributed by atoms with Crippen LogP contribution in [0, 0.1) is 0 Å². The number of hydrogen-bond donors (Lipinski definition) is 1. The number of pyridine rings is 1. The Morgan fingerprint density at radius 2 is 1.85 bits per heavy atom. The first kappa shape index (κ1) is 17.2. The van der Waals surface area contributed by atoms with E-state index in [1.807, 2.05) is 61.5 Å². The number of hydrogen-bond acceptors (Lipinski definition) is 5. The lowest BCUT2D eigenvalue weighted by atomic mass is 9.80. The van der Waals surface area contributed by atoms with Gasteiger partial charge in [-0.1, -0.05) is 42.5 Å². The third-order valence-electron chi connectivity index (χ3n) is 4.86. The summed E-state index contributed by atoms with van der Waals surface area (Å²) in [4.78, 5) is 15.3. The molecule has 4 rings (SSSR count). The van der Waals surface area contributed by atoms with E-state index in [0.717, 1.165) is 22.4 Å². The van der Waals surface area contributed by atoms with E-state index in [9.17, 15) is 9.90 Å². The zero-order chi connectivity index (χ0) is 18.9. The smallest absolute Gasteiger partial charge is 0.172 e. The molecule has 3 aromatic rings. The molecule has 5 nitrogen and oxygen atoms in total. The maximum atomic E-state index is 11.2. The molecule has 0 spiro atoms. The topological polar surface area (TPSA) is 68.7 Å². The zero-order valence-electron chi connectivity index (χ0n) is 14.9.